The van der Waals surface area contributed by atoms with Crippen LogP contribution in [0.2, 0.25) is 0 Å². The van der Waals surface area contributed by atoms with E-state index in [9.17, 15) is 4.79 Å². The molecule has 110 valence electrons. The molecule has 3 N–H and O–H groups in total. The molecule has 1 amide bonds. The van der Waals surface area contributed by atoms with Crippen LogP contribution in [-0.4, -0.2) is 38.9 Å². The Morgan fingerprint density at radius 2 is 1.75 bits per heavy atom. The van der Waals surface area contributed by atoms with Crippen molar-refractivity contribution in [2.45, 2.75) is 18.4 Å². The van der Waals surface area contributed by atoms with Crippen molar-refractivity contribution in [3.63, 3.8) is 0 Å². The third-order valence-electron chi connectivity index (χ3n) is 3.45. The van der Waals surface area contributed by atoms with E-state index >= 15 is 0 Å². The first-order chi connectivity index (χ1) is 9.57. The fourth-order valence-corrected chi connectivity index (χ4v) is 2.10. The summed E-state index contributed by atoms with van der Waals surface area (Å²) in [5, 5.41) is 2.82. The van der Waals surface area contributed by atoms with E-state index in [1.165, 1.54) is 0 Å². The molecule has 0 aliphatic carbocycles. The van der Waals surface area contributed by atoms with E-state index in [1.807, 2.05) is 0 Å². The monoisotopic (exact) mass is 280 g/mol. The molecule has 2 rings (SSSR count). The Morgan fingerprint density at radius 1 is 1.20 bits per heavy atom. The average Bonchev–Trinajstić information content (AvgIpc) is 2.47. The van der Waals surface area contributed by atoms with Gasteiger partial charge in [0.25, 0.3) is 0 Å². The van der Waals surface area contributed by atoms with Gasteiger partial charge < -0.3 is 25.3 Å². The van der Waals surface area contributed by atoms with Crippen molar-refractivity contribution in [2.75, 3.05) is 32.8 Å². The molecule has 1 aliphatic rings. The lowest BCUT2D eigenvalue weighted by molar-refractivity contribution is -0.124. The lowest BCUT2D eigenvalue weighted by Crippen LogP contribution is -2.54. The van der Waals surface area contributed by atoms with Crippen LogP contribution in [0.5, 0.6) is 11.5 Å². The van der Waals surface area contributed by atoms with E-state index in [-0.39, 0.29) is 5.91 Å². The Hall–Kier alpha value is -1.79. The van der Waals surface area contributed by atoms with Gasteiger partial charge in [0.15, 0.2) is 0 Å². The molecule has 0 atom stereocenters. The Morgan fingerprint density at radius 3 is 2.25 bits per heavy atom. The van der Waals surface area contributed by atoms with Gasteiger partial charge in [-0.25, -0.2) is 0 Å². The predicted molar refractivity (Wildman–Crippen MR) is 75.1 cm³/mol. The molecule has 0 spiro atoms. The van der Waals surface area contributed by atoms with Crippen LogP contribution >= 0.6 is 0 Å². The molecule has 1 aliphatic heterocycles. The van der Waals surface area contributed by atoms with Crippen molar-refractivity contribution in [1.82, 2.24) is 0 Å². The predicted octanol–water partition coefficient (Wildman–Crippen LogP) is 1.15. The number of carbonyl (C=O) groups is 1. The fraction of sp³-hybridized carbons (Fsp3) is 0.500. The summed E-state index contributed by atoms with van der Waals surface area (Å²) in [4.78, 5) is 12.3. The van der Waals surface area contributed by atoms with Crippen molar-refractivity contribution in [3.05, 3.63) is 18.2 Å². The third kappa shape index (κ3) is 3.20. The fourth-order valence-electron chi connectivity index (χ4n) is 2.10. The molecular formula is C14H20N2O4. The summed E-state index contributed by atoms with van der Waals surface area (Å²) >= 11 is 0. The van der Waals surface area contributed by atoms with Gasteiger partial charge in [0.2, 0.25) is 5.91 Å². The number of anilines is 1. The first-order valence-corrected chi connectivity index (χ1v) is 6.48. The summed E-state index contributed by atoms with van der Waals surface area (Å²) in [5.74, 6) is 1.01. The van der Waals surface area contributed by atoms with E-state index in [1.54, 1.807) is 32.4 Å². The van der Waals surface area contributed by atoms with Crippen LogP contribution in [0.1, 0.15) is 12.8 Å². The summed E-state index contributed by atoms with van der Waals surface area (Å²) in [5.41, 5.74) is 5.86. The van der Waals surface area contributed by atoms with Crippen LogP contribution < -0.4 is 20.5 Å². The molecule has 6 heteroatoms. The van der Waals surface area contributed by atoms with E-state index in [0.29, 0.717) is 43.2 Å². The van der Waals surface area contributed by atoms with Crippen LogP contribution in [0, 0.1) is 0 Å². The maximum Gasteiger partial charge on any atom is 0.244 e. The average molecular weight is 280 g/mol. The minimum atomic E-state index is -0.880. The van der Waals surface area contributed by atoms with Gasteiger partial charge >= 0.3 is 0 Å². The first-order valence-electron chi connectivity index (χ1n) is 6.48. The molecule has 1 aromatic carbocycles. The van der Waals surface area contributed by atoms with Gasteiger partial charge in [-0.2, -0.15) is 0 Å². The van der Waals surface area contributed by atoms with Crippen LogP contribution in [0.3, 0.4) is 0 Å². The highest BCUT2D eigenvalue weighted by molar-refractivity contribution is 5.98. The number of carbonyl (C=O) groups excluding carboxylic acids is 1. The lowest BCUT2D eigenvalue weighted by Gasteiger charge is -2.31. The van der Waals surface area contributed by atoms with Crippen molar-refractivity contribution in [2.24, 2.45) is 5.73 Å². The molecule has 0 unspecified atom stereocenters. The highest BCUT2D eigenvalue weighted by Crippen LogP contribution is 2.27. The Balaban J connectivity index is 2.14. The Kier molecular flexibility index (Phi) is 4.46. The number of nitrogens with one attached hydrogen (secondary N) is 1. The minimum absolute atomic E-state index is 0.212. The molecule has 0 bridgehead atoms. The lowest BCUT2D eigenvalue weighted by atomic mass is 9.90. The van der Waals surface area contributed by atoms with Gasteiger partial charge in [-0.05, 0) is 12.8 Å². The second kappa shape index (κ2) is 6.11. The van der Waals surface area contributed by atoms with Gasteiger partial charge in [-0.3, -0.25) is 4.79 Å². The molecular weight excluding hydrogens is 260 g/mol. The zero-order valence-corrected chi connectivity index (χ0v) is 11.8. The number of ether oxygens (including phenoxy) is 3. The summed E-state index contributed by atoms with van der Waals surface area (Å²) < 4.78 is 15.6. The number of amides is 1. The Labute approximate surface area is 118 Å². The van der Waals surface area contributed by atoms with E-state index in [2.05, 4.69) is 5.32 Å². The molecule has 0 radical (unpaired) electrons. The third-order valence-corrected chi connectivity index (χ3v) is 3.45. The zero-order chi connectivity index (χ0) is 14.6. The number of benzene rings is 1. The van der Waals surface area contributed by atoms with Crippen LogP contribution in [-0.2, 0) is 9.53 Å². The van der Waals surface area contributed by atoms with E-state index in [4.69, 9.17) is 19.9 Å². The standard InChI is InChI=1S/C14H20N2O4/c1-18-11-7-10(8-12(9-11)19-2)16-13(17)14(15)3-5-20-6-4-14/h7-9H,3-6,15H2,1-2H3,(H,16,17). The second-order valence-electron chi connectivity index (χ2n) is 4.82. The summed E-state index contributed by atoms with van der Waals surface area (Å²) in [6, 6.07) is 5.19. The molecule has 1 saturated heterocycles. The molecule has 20 heavy (non-hydrogen) atoms. The zero-order valence-electron chi connectivity index (χ0n) is 11.8. The van der Waals surface area contributed by atoms with Crippen LogP contribution in [0.15, 0.2) is 18.2 Å². The molecule has 1 aromatic rings. The van der Waals surface area contributed by atoms with Crippen molar-refractivity contribution >= 4 is 11.6 Å². The minimum Gasteiger partial charge on any atom is -0.497 e. The summed E-state index contributed by atoms with van der Waals surface area (Å²) in [6.45, 7) is 1.01. The number of hydrogen-bond donors (Lipinski definition) is 2. The highest BCUT2D eigenvalue weighted by atomic mass is 16.5. The quantitative estimate of drug-likeness (QED) is 0.864. The number of hydrogen-bond acceptors (Lipinski definition) is 5. The van der Waals surface area contributed by atoms with Crippen LogP contribution in [0.25, 0.3) is 0 Å². The summed E-state index contributed by atoms with van der Waals surface area (Å²) in [7, 11) is 3.12. The van der Waals surface area contributed by atoms with Crippen molar-refractivity contribution in [1.29, 1.82) is 0 Å². The highest BCUT2D eigenvalue weighted by Gasteiger charge is 2.35. The topological polar surface area (TPSA) is 82.8 Å². The molecule has 0 saturated carbocycles. The van der Waals surface area contributed by atoms with Gasteiger partial charge in [0.1, 0.15) is 17.0 Å². The van der Waals surface area contributed by atoms with Crippen molar-refractivity contribution < 1.29 is 19.0 Å². The van der Waals surface area contributed by atoms with Gasteiger partial charge in [0, 0.05) is 37.1 Å². The number of methoxy groups -OCH3 is 2. The maximum absolute atomic E-state index is 12.3. The smallest absolute Gasteiger partial charge is 0.244 e. The largest absolute Gasteiger partial charge is 0.497 e. The number of rotatable bonds is 4. The SMILES string of the molecule is COc1cc(NC(=O)C2(N)CCOCC2)cc(OC)c1. The molecule has 1 fully saturated rings. The van der Waals surface area contributed by atoms with E-state index in [0.717, 1.165) is 0 Å². The molecule has 1 heterocycles. The maximum atomic E-state index is 12.3. The molecule has 0 aromatic heterocycles. The molecule has 6 nitrogen and oxygen atoms in total. The Bertz CT molecular complexity index is 462. The van der Waals surface area contributed by atoms with E-state index < -0.39 is 5.54 Å². The second-order valence-corrected chi connectivity index (χ2v) is 4.82. The number of nitrogens with two attached hydrogens (primary N) is 1. The van der Waals surface area contributed by atoms with Gasteiger partial charge in [-0.1, -0.05) is 0 Å². The van der Waals surface area contributed by atoms with Gasteiger partial charge in [0.05, 0.1) is 14.2 Å². The van der Waals surface area contributed by atoms with Gasteiger partial charge in [-0.15, -0.1) is 0 Å². The first kappa shape index (κ1) is 14.6. The normalized spacial score (nSPS) is 17.4. The summed E-state index contributed by atoms with van der Waals surface area (Å²) in [6.07, 6.45) is 1.03. The van der Waals surface area contributed by atoms with Crippen molar-refractivity contribution in [3.8, 4) is 11.5 Å². The van der Waals surface area contributed by atoms with Crippen LogP contribution in [0.4, 0.5) is 5.69 Å².